The van der Waals surface area contributed by atoms with Gasteiger partial charge in [0.05, 0.1) is 7.11 Å². The van der Waals surface area contributed by atoms with E-state index in [9.17, 15) is 9.18 Å². The van der Waals surface area contributed by atoms with Gasteiger partial charge in [0.15, 0.2) is 17.3 Å². The molecule has 31 heavy (non-hydrogen) atoms. The van der Waals surface area contributed by atoms with Crippen LogP contribution < -0.4 is 14.4 Å². The molecule has 0 saturated carbocycles. The summed E-state index contributed by atoms with van der Waals surface area (Å²) in [5, 5.41) is 0. The standard InChI is InChI=1S/C24H25FN2O4/c1-29-21-5-2-3-6-22(21)30-17-20-11-12-23(31-20)24(28)27-14-4-13-26(15-16-27)19-9-7-18(25)8-10-19/h2-3,5-12H,4,13-17H2,1H3. The minimum atomic E-state index is -0.251. The number of hydrogen-bond donors (Lipinski definition) is 0. The minimum Gasteiger partial charge on any atom is -0.493 e. The highest BCUT2D eigenvalue weighted by molar-refractivity contribution is 5.91. The van der Waals surface area contributed by atoms with Crippen LogP contribution in [-0.2, 0) is 6.61 Å². The molecule has 4 rings (SSSR count). The second-order valence-electron chi connectivity index (χ2n) is 7.31. The molecular formula is C24H25FN2O4. The van der Waals surface area contributed by atoms with E-state index in [2.05, 4.69) is 4.90 Å². The van der Waals surface area contributed by atoms with Crippen molar-refractivity contribution in [1.29, 1.82) is 0 Å². The van der Waals surface area contributed by atoms with Crippen LogP contribution in [0.2, 0.25) is 0 Å². The van der Waals surface area contributed by atoms with Crippen LogP contribution in [0.25, 0.3) is 0 Å². The SMILES string of the molecule is COc1ccccc1OCc1ccc(C(=O)N2CCCN(c3ccc(F)cc3)CC2)o1. The molecule has 0 atom stereocenters. The molecule has 1 aromatic heterocycles. The van der Waals surface area contributed by atoms with E-state index in [1.54, 1.807) is 36.3 Å². The van der Waals surface area contributed by atoms with Crippen molar-refractivity contribution in [2.75, 3.05) is 38.2 Å². The third-order valence-corrected chi connectivity index (χ3v) is 5.29. The Kier molecular flexibility index (Phi) is 6.40. The molecule has 1 aliphatic rings. The molecule has 0 spiro atoms. The maximum absolute atomic E-state index is 13.2. The fourth-order valence-electron chi connectivity index (χ4n) is 3.64. The predicted octanol–water partition coefficient (Wildman–Crippen LogP) is 4.36. The van der Waals surface area contributed by atoms with Gasteiger partial charge in [-0.3, -0.25) is 4.79 Å². The molecule has 1 aliphatic heterocycles. The third-order valence-electron chi connectivity index (χ3n) is 5.29. The molecule has 0 aliphatic carbocycles. The predicted molar refractivity (Wildman–Crippen MR) is 115 cm³/mol. The number of carbonyl (C=O) groups is 1. The largest absolute Gasteiger partial charge is 0.493 e. The lowest BCUT2D eigenvalue weighted by atomic mass is 10.2. The van der Waals surface area contributed by atoms with Crippen LogP contribution in [0.3, 0.4) is 0 Å². The molecule has 0 unspecified atom stereocenters. The quantitative estimate of drug-likeness (QED) is 0.589. The van der Waals surface area contributed by atoms with Crippen LogP contribution in [0.15, 0.2) is 65.1 Å². The van der Waals surface area contributed by atoms with E-state index in [1.807, 2.05) is 24.3 Å². The van der Waals surface area contributed by atoms with Crippen LogP contribution in [0.5, 0.6) is 11.5 Å². The maximum atomic E-state index is 13.2. The van der Waals surface area contributed by atoms with Crippen LogP contribution in [0.4, 0.5) is 10.1 Å². The monoisotopic (exact) mass is 424 g/mol. The van der Waals surface area contributed by atoms with Crippen molar-refractivity contribution in [3.63, 3.8) is 0 Å². The maximum Gasteiger partial charge on any atom is 0.289 e. The number of nitrogens with zero attached hydrogens (tertiary/aromatic N) is 2. The summed E-state index contributed by atoms with van der Waals surface area (Å²) in [6.45, 7) is 2.91. The number of amides is 1. The van der Waals surface area contributed by atoms with Crippen molar-refractivity contribution < 1.29 is 23.1 Å². The molecule has 1 amide bonds. The van der Waals surface area contributed by atoms with Crippen molar-refractivity contribution in [1.82, 2.24) is 4.90 Å². The van der Waals surface area contributed by atoms with Gasteiger partial charge in [-0.25, -0.2) is 4.39 Å². The summed E-state index contributed by atoms with van der Waals surface area (Å²) in [7, 11) is 1.59. The molecule has 6 nitrogen and oxygen atoms in total. The molecule has 2 aromatic carbocycles. The second kappa shape index (κ2) is 9.55. The van der Waals surface area contributed by atoms with Gasteiger partial charge in [-0.05, 0) is 55.0 Å². The number of benzene rings is 2. The van der Waals surface area contributed by atoms with E-state index in [-0.39, 0.29) is 18.3 Å². The summed E-state index contributed by atoms with van der Waals surface area (Å²) in [5.41, 5.74) is 0.962. The van der Waals surface area contributed by atoms with E-state index < -0.39 is 0 Å². The Hall–Kier alpha value is -3.48. The zero-order chi connectivity index (χ0) is 21.6. The van der Waals surface area contributed by atoms with E-state index in [1.165, 1.54) is 12.1 Å². The number of carbonyl (C=O) groups excluding carboxylic acids is 1. The van der Waals surface area contributed by atoms with Crippen LogP contribution in [0, 0.1) is 5.82 Å². The van der Waals surface area contributed by atoms with E-state index in [4.69, 9.17) is 13.9 Å². The molecule has 1 saturated heterocycles. The van der Waals surface area contributed by atoms with Crippen LogP contribution in [-0.4, -0.2) is 44.1 Å². The van der Waals surface area contributed by atoms with E-state index in [0.29, 0.717) is 42.7 Å². The highest BCUT2D eigenvalue weighted by Gasteiger charge is 2.23. The summed E-state index contributed by atoms with van der Waals surface area (Å²) >= 11 is 0. The zero-order valence-electron chi connectivity index (χ0n) is 17.4. The van der Waals surface area contributed by atoms with Gasteiger partial charge in [0.1, 0.15) is 18.2 Å². The topological polar surface area (TPSA) is 55.2 Å². The van der Waals surface area contributed by atoms with Crippen LogP contribution >= 0.6 is 0 Å². The van der Waals surface area contributed by atoms with Gasteiger partial charge in [-0.2, -0.15) is 0 Å². The van der Waals surface area contributed by atoms with Gasteiger partial charge in [0.2, 0.25) is 0 Å². The number of halogens is 1. The molecule has 162 valence electrons. The van der Waals surface area contributed by atoms with Gasteiger partial charge >= 0.3 is 0 Å². The lowest BCUT2D eigenvalue weighted by Crippen LogP contribution is -2.35. The van der Waals surface area contributed by atoms with Crippen LogP contribution in [0.1, 0.15) is 22.7 Å². The molecular weight excluding hydrogens is 399 g/mol. The molecule has 3 aromatic rings. The average Bonchev–Trinajstić information content (AvgIpc) is 3.14. The normalized spacial score (nSPS) is 14.3. The lowest BCUT2D eigenvalue weighted by Gasteiger charge is -2.23. The van der Waals surface area contributed by atoms with Gasteiger partial charge in [0.25, 0.3) is 5.91 Å². The number of methoxy groups -OCH3 is 1. The fraction of sp³-hybridized carbons (Fsp3) is 0.292. The molecule has 0 bridgehead atoms. The Labute approximate surface area is 180 Å². The van der Waals surface area contributed by atoms with Crippen molar-refractivity contribution in [2.45, 2.75) is 13.0 Å². The first-order chi connectivity index (χ1) is 15.1. The molecule has 0 radical (unpaired) electrons. The number of para-hydroxylation sites is 2. The first-order valence-electron chi connectivity index (χ1n) is 10.3. The number of ether oxygens (including phenoxy) is 2. The highest BCUT2D eigenvalue weighted by atomic mass is 19.1. The second-order valence-corrected chi connectivity index (χ2v) is 7.31. The number of rotatable bonds is 6. The van der Waals surface area contributed by atoms with Gasteiger partial charge < -0.3 is 23.7 Å². The Morgan fingerprint density at radius 2 is 1.74 bits per heavy atom. The molecule has 0 N–H and O–H groups in total. The summed E-state index contributed by atoms with van der Waals surface area (Å²) in [5.74, 6) is 1.73. The highest BCUT2D eigenvalue weighted by Crippen LogP contribution is 2.27. The molecule has 7 heteroatoms. The Morgan fingerprint density at radius 3 is 2.52 bits per heavy atom. The first-order valence-corrected chi connectivity index (χ1v) is 10.3. The van der Waals surface area contributed by atoms with Crippen molar-refractivity contribution in [3.8, 4) is 11.5 Å². The van der Waals surface area contributed by atoms with Crippen molar-refractivity contribution in [3.05, 3.63) is 78.0 Å². The van der Waals surface area contributed by atoms with Gasteiger partial charge in [-0.1, -0.05) is 12.1 Å². The molecule has 1 fully saturated rings. The fourth-order valence-corrected chi connectivity index (χ4v) is 3.64. The minimum absolute atomic E-state index is 0.135. The lowest BCUT2D eigenvalue weighted by molar-refractivity contribution is 0.0731. The third kappa shape index (κ3) is 4.99. The van der Waals surface area contributed by atoms with Crippen molar-refractivity contribution >= 4 is 11.6 Å². The Morgan fingerprint density at radius 1 is 0.968 bits per heavy atom. The van der Waals surface area contributed by atoms with Crippen molar-refractivity contribution in [2.24, 2.45) is 0 Å². The number of hydrogen-bond acceptors (Lipinski definition) is 5. The van der Waals surface area contributed by atoms with Gasteiger partial charge in [-0.15, -0.1) is 0 Å². The first kappa shape index (κ1) is 20.8. The summed E-state index contributed by atoms with van der Waals surface area (Å²) in [6, 6.07) is 17.3. The zero-order valence-corrected chi connectivity index (χ0v) is 17.4. The smallest absolute Gasteiger partial charge is 0.289 e. The van der Waals surface area contributed by atoms with E-state index >= 15 is 0 Å². The Bertz CT molecular complexity index is 1020. The summed E-state index contributed by atoms with van der Waals surface area (Å²) < 4.78 is 30.0. The van der Waals surface area contributed by atoms with Gasteiger partial charge in [0, 0.05) is 31.9 Å². The average molecular weight is 424 g/mol. The molecule has 2 heterocycles. The summed E-state index contributed by atoms with van der Waals surface area (Å²) in [6.07, 6.45) is 0.827. The van der Waals surface area contributed by atoms with E-state index in [0.717, 1.165) is 18.7 Å². The Balaban J connectivity index is 1.35. The summed E-state index contributed by atoms with van der Waals surface area (Å²) in [4.78, 5) is 16.9. The number of furan rings is 1. The number of anilines is 1.